The summed E-state index contributed by atoms with van der Waals surface area (Å²) in [7, 11) is 0. The summed E-state index contributed by atoms with van der Waals surface area (Å²) < 4.78 is 4.69. The highest BCUT2D eigenvalue weighted by molar-refractivity contribution is 7.26. The van der Waals surface area contributed by atoms with E-state index in [0.29, 0.717) is 0 Å². The molecule has 0 saturated carbocycles. The number of para-hydroxylation sites is 2. The molecule has 0 amide bonds. The predicted molar refractivity (Wildman–Crippen MR) is 211 cm³/mol. The molecule has 0 N–H and O–H groups in total. The van der Waals surface area contributed by atoms with Crippen LogP contribution in [0, 0.1) is 0 Å². The van der Waals surface area contributed by atoms with Crippen molar-refractivity contribution in [2.45, 2.75) is 0 Å². The van der Waals surface area contributed by atoms with Crippen molar-refractivity contribution in [1.82, 2.24) is 14.5 Å². The van der Waals surface area contributed by atoms with Gasteiger partial charge in [-0.1, -0.05) is 127 Å². The zero-order chi connectivity index (χ0) is 33.0. The lowest BCUT2D eigenvalue weighted by atomic mass is 9.96. The topological polar surface area (TPSA) is 30.7 Å². The fourth-order valence-corrected chi connectivity index (χ4v) is 8.39. The largest absolute Gasteiger partial charge is 0.309 e. The van der Waals surface area contributed by atoms with E-state index in [1.165, 1.54) is 54.3 Å². The molecule has 4 heteroatoms. The summed E-state index contributed by atoms with van der Waals surface area (Å²) in [5, 5.41) is 3.67. The molecule has 0 aliphatic carbocycles. The third kappa shape index (κ3) is 4.73. The molecular formula is C46H29N3S. The Hall–Kier alpha value is -6.36. The monoisotopic (exact) mass is 655 g/mol. The van der Waals surface area contributed by atoms with Crippen molar-refractivity contribution in [3.05, 3.63) is 176 Å². The average molecular weight is 656 g/mol. The molecule has 0 spiro atoms. The second-order valence-electron chi connectivity index (χ2n) is 12.6. The standard InChI is InChI=1S/C46H29N3S/c1-3-13-30(14-4-1)46-47-43(45-44(48-46)38-22-8-10-24-42(38)50-45)35-18-12-17-33(28-35)31-15-11-16-32(27-31)34-25-26-41-39(29-34)37-21-7-9-23-40(37)49(41)36-19-5-2-6-20-36/h1-29H. The van der Waals surface area contributed by atoms with Crippen LogP contribution in [0.25, 0.3) is 92.7 Å². The van der Waals surface area contributed by atoms with E-state index >= 15 is 0 Å². The van der Waals surface area contributed by atoms with Crippen molar-refractivity contribution in [1.29, 1.82) is 0 Å². The zero-order valence-electron chi connectivity index (χ0n) is 27.0. The number of nitrogens with zero attached hydrogens (tertiary/aromatic N) is 3. The molecule has 0 unspecified atom stereocenters. The van der Waals surface area contributed by atoms with Crippen LogP contribution in [0.3, 0.4) is 0 Å². The Kier molecular flexibility index (Phi) is 6.68. The first-order valence-corrected chi connectivity index (χ1v) is 17.6. The van der Waals surface area contributed by atoms with Gasteiger partial charge < -0.3 is 4.57 Å². The molecule has 7 aromatic carbocycles. The van der Waals surface area contributed by atoms with Gasteiger partial charge >= 0.3 is 0 Å². The summed E-state index contributed by atoms with van der Waals surface area (Å²) in [6, 6.07) is 62.6. The van der Waals surface area contributed by atoms with Crippen molar-refractivity contribution < 1.29 is 0 Å². The lowest BCUT2D eigenvalue weighted by molar-refractivity contribution is 1.18. The van der Waals surface area contributed by atoms with E-state index in [1.54, 1.807) is 11.3 Å². The first-order chi connectivity index (χ1) is 24.8. The van der Waals surface area contributed by atoms with Gasteiger partial charge in [-0.2, -0.15) is 0 Å². The van der Waals surface area contributed by atoms with Gasteiger partial charge in [0.1, 0.15) is 0 Å². The quantitative estimate of drug-likeness (QED) is 0.185. The number of aromatic nitrogens is 3. The van der Waals surface area contributed by atoms with E-state index in [-0.39, 0.29) is 0 Å². The molecule has 0 aliphatic rings. The molecule has 50 heavy (non-hydrogen) atoms. The molecule has 3 nitrogen and oxygen atoms in total. The lowest BCUT2D eigenvalue weighted by Gasteiger charge is -2.11. The third-order valence-corrected chi connectivity index (χ3v) is 10.8. The first-order valence-electron chi connectivity index (χ1n) is 16.8. The Morgan fingerprint density at radius 3 is 1.76 bits per heavy atom. The maximum absolute atomic E-state index is 5.21. The fraction of sp³-hybridized carbons (Fsp3) is 0. The van der Waals surface area contributed by atoms with Gasteiger partial charge in [-0.3, -0.25) is 0 Å². The normalized spacial score (nSPS) is 11.6. The van der Waals surface area contributed by atoms with Gasteiger partial charge in [-0.25, -0.2) is 9.97 Å². The van der Waals surface area contributed by atoms with Crippen LogP contribution >= 0.6 is 11.3 Å². The summed E-state index contributed by atoms with van der Waals surface area (Å²) >= 11 is 1.76. The molecule has 0 aliphatic heterocycles. The molecule has 3 heterocycles. The van der Waals surface area contributed by atoms with Crippen LogP contribution in [-0.2, 0) is 0 Å². The maximum Gasteiger partial charge on any atom is 0.160 e. The summed E-state index contributed by atoms with van der Waals surface area (Å²) in [5.74, 6) is 0.744. The Morgan fingerprint density at radius 2 is 0.980 bits per heavy atom. The number of benzene rings is 7. The molecule has 0 atom stereocenters. The molecule has 0 fully saturated rings. The van der Waals surface area contributed by atoms with E-state index in [0.717, 1.165) is 38.4 Å². The van der Waals surface area contributed by atoms with Gasteiger partial charge in [0.05, 0.1) is 26.9 Å². The van der Waals surface area contributed by atoms with Crippen molar-refractivity contribution in [3.8, 4) is 50.6 Å². The van der Waals surface area contributed by atoms with Crippen LogP contribution in [0.2, 0.25) is 0 Å². The van der Waals surface area contributed by atoms with Gasteiger partial charge in [0.15, 0.2) is 5.82 Å². The van der Waals surface area contributed by atoms with Gasteiger partial charge in [0.2, 0.25) is 0 Å². The molecule has 0 radical (unpaired) electrons. The highest BCUT2D eigenvalue weighted by Crippen LogP contribution is 2.41. The molecule has 3 aromatic heterocycles. The molecule has 0 saturated heterocycles. The SMILES string of the molecule is c1ccc(-c2nc(-c3cccc(-c4cccc(-c5ccc6c(c5)c5ccccc5n6-c5ccccc5)c4)c3)c3sc4ccccc4c3n2)cc1. The number of thiophene rings is 1. The van der Waals surface area contributed by atoms with E-state index < -0.39 is 0 Å². The van der Waals surface area contributed by atoms with Crippen molar-refractivity contribution in [2.24, 2.45) is 0 Å². The van der Waals surface area contributed by atoms with E-state index in [4.69, 9.17) is 9.97 Å². The van der Waals surface area contributed by atoms with Gasteiger partial charge in [0.25, 0.3) is 0 Å². The number of rotatable bonds is 5. The Morgan fingerprint density at radius 1 is 0.400 bits per heavy atom. The van der Waals surface area contributed by atoms with Crippen LogP contribution in [0.4, 0.5) is 0 Å². The highest BCUT2D eigenvalue weighted by atomic mass is 32.1. The predicted octanol–water partition coefficient (Wildman–Crippen LogP) is 12.6. The van der Waals surface area contributed by atoms with Crippen LogP contribution < -0.4 is 0 Å². The Labute approximate surface area is 293 Å². The van der Waals surface area contributed by atoms with Crippen LogP contribution in [0.1, 0.15) is 0 Å². The fourth-order valence-electron chi connectivity index (χ4n) is 7.23. The van der Waals surface area contributed by atoms with E-state index in [9.17, 15) is 0 Å². The zero-order valence-corrected chi connectivity index (χ0v) is 27.8. The Bertz CT molecular complexity index is 2870. The molecule has 0 bridgehead atoms. The smallest absolute Gasteiger partial charge is 0.160 e. The van der Waals surface area contributed by atoms with Crippen LogP contribution in [-0.4, -0.2) is 14.5 Å². The molecule has 234 valence electrons. The Balaban J connectivity index is 1.09. The lowest BCUT2D eigenvalue weighted by Crippen LogP contribution is -1.93. The summed E-state index contributed by atoms with van der Waals surface area (Å²) in [6.07, 6.45) is 0. The summed E-state index contributed by atoms with van der Waals surface area (Å²) in [5.41, 5.74) is 12.4. The minimum atomic E-state index is 0.744. The summed E-state index contributed by atoms with van der Waals surface area (Å²) in [6.45, 7) is 0. The van der Waals surface area contributed by atoms with Crippen LogP contribution in [0.5, 0.6) is 0 Å². The number of hydrogen-bond acceptors (Lipinski definition) is 3. The molecule has 10 rings (SSSR count). The van der Waals surface area contributed by atoms with Gasteiger partial charge in [0, 0.05) is 37.7 Å². The third-order valence-electron chi connectivity index (χ3n) is 9.60. The highest BCUT2D eigenvalue weighted by Gasteiger charge is 2.17. The van der Waals surface area contributed by atoms with Crippen LogP contribution in [0.15, 0.2) is 176 Å². The van der Waals surface area contributed by atoms with Gasteiger partial charge in [-0.15, -0.1) is 11.3 Å². The van der Waals surface area contributed by atoms with Crippen molar-refractivity contribution in [3.63, 3.8) is 0 Å². The number of fused-ring (bicyclic) bond motifs is 6. The molecular weight excluding hydrogens is 627 g/mol. The summed E-state index contributed by atoms with van der Waals surface area (Å²) in [4.78, 5) is 10.3. The second kappa shape index (κ2) is 11.7. The second-order valence-corrected chi connectivity index (χ2v) is 13.7. The van der Waals surface area contributed by atoms with Crippen molar-refractivity contribution in [2.75, 3.05) is 0 Å². The van der Waals surface area contributed by atoms with Gasteiger partial charge in [-0.05, 0) is 70.8 Å². The maximum atomic E-state index is 5.21. The first kappa shape index (κ1) is 28.6. The van der Waals surface area contributed by atoms with Crippen molar-refractivity contribution >= 4 is 53.4 Å². The van der Waals surface area contributed by atoms with E-state index in [2.05, 4.69) is 162 Å². The minimum absolute atomic E-state index is 0.744. The minimum Gasteiger partial charge on any atom is -0.309 e. The number of hydrogen-bond donors (Lipinski definition) is 0. The van der Waals surface area contributed by atoms with E-state index in [1.807, 2.05) is 18.2 Å². The average Bonchev–Trinajstić information content (AvgIpc) is 3.74. The molecule has 10 aromatic rings.